The Labute approximate surface area is 121 Å². The van der Waals surface area contributed by atoms with Gasteiger partial charge in [-0.05, 0) is 12.8 Å². The van der Waals surface area contributed by atoms with Gasteiger partial charge in [0.25, 0.3) is 0 Å². The Morgan fingerprint density at radius 2 is 2.10 bits per heavy atom. The summed E-state index contributed by atoms with van der Waals surface area (Å²) >= 11 is 5.73. The maximum atomic E-state index is 11.0. The van der Waals surface area contributed by atoms with Crippen molar-refractivity contribution < 1.29 is 10.0 Å². The van der Waals surface area contributed by atoms with Gasteiger partial charge in [0.1, 0.15) is 6.33 Å². The Hall–Kier alpha value is -1.47. The minimum absolute atomic E-state index is 0.0621. The highest BCUT2D eigenvalue weighted by atomic mass is 35.5. The molecule has 0 aliphatic heterocycles. The lowest BCUT2D eigenvalue weighted by atomic mass is 9.74. The Bertz CT molecular complexity index is 492. The molecule has 1 aliphatic rings. The summed E-state index contributed by atoms with van der Waals surface area (Å²) in [6.07, 6.45) is 6.29. The summed E-state index contributed by atoms with van der Waals surface area (Å²) in [6, 6.07) is 0. The molecule has 1 heterocycles. The molecule has 0 saturated heterocycles. The van der Waals surface area contributed by atoms with E-state index >= 15 is 0 Å². The Balaban J connectivity index is 2.14. The summed E-state index contributed by atoms with van der Waals surface area (Å²) < 4.78 is 0. The van der Waals surface area contributed by atoms with Crippen LogP contribution in [0.2, 0.25) is 5.15 Å². The average Bonchev–Trinajstić information content (AvgIpc) is 2.45. The van der Waals surface area contributed by atoms with Crippen molar-refractivity contribution in [2.45, 2.75) is 32.1 Å². The van der Waals surface area contributed by atoms with Crippen molar-refractivity contribution in [1.82, 2.24) is 9.97 Å². The first kappa shape index (κ1) is 14.9. The van der Waals surface area contributed by atoms with Gasteiger partial charge in [-0.3, -0.25) is 10.1 Å². The van der Waals surface area contributed by atoms with E-state index in [1.54, 1.807) is 0 Å². The summed E-state index contributed by atoms with van der Waals surface area (Å²) in [4.78, 5) is 17.9. The minimum Gasteiger partial charge on any atom is -0.396 e. The predicted octanol–water partition coefficient (Wildman–Crippen LogP) is 2.39. The second kappa shape index (κ2) is 6.32. The number of hydrogen-bond acceptors (Lipinski definition) is 6. The number of anilines is 1. The first-order valence-electron chi connectivity index (χ1n) is 6.58. The molecule has 110 valence electrons. The van der Waals surface area contributed by atoms with Gasteiger partial charge in [-0.25, -0.2) is 9.97 Å². The predicted molar refractivity (Wildman–Crippen MR) is 74.8 cm³/mol. The van der Waals surface area contributed by atoms with Gasteiger partial charge in [-0.2, -0.15) is 0 Å². The fourth-order valence-electron chi connectivity index (χ4n) is 2.61. The molecule has 1 aromatic heterocycles. The highest BCUT2D eigenvalue weighted by Gasteiger charge is 2.32. The Kier molecular flexibility index (Phi) is 4.72. The van der Waals surface area contributed by atoms with E-state index in [-0.39, 0.29) is 28.7 Å². The van der Waals surface area contributed by atoms with Crippen LogP contribution in [-0.2, 0) is 0 Å². The molecule has 2 rings (SSSR count). The van der Waals surface area contributed by atoms with Gasteiger partial charge in [0.05, 0.1) is 11.5 Å². The van der Waals surface area contributed by atoms with E-state index in [1.165, 1.54) is 12.7 Å². The number of nitro groups is 1. The van der Waals surface area contributed by atoms with Crippen molar-refractivity contribution in [1.29, 1.82) is 0 Å². The molecular formula is C12H17ClN4O3. The maximum absolute atomic E-state index is 11.0. The van der Waals surface area contributed by atoms with E-state index in [0.29, 0.717) is 6.54 Å². The molecule has 8 heteroatoms. The van der Waals surface area contributed by atoms with E-state index in [4.69, 9.17) is 11.6 Å². The number of aromatic nitrogens is 2. The number of aliphatic hydroxyl groups is 1. The summed E-state index contributed by atoms with van der Waals surface area (Å²) in [5.74, 6) is 0.105. The van der Waals surface area contributed by atoms with Crippen LogP contribution in [0.15, 0.2) is 6.33 Å². The highest BCUT2D eigenvalue weighted by molar-refractivity contribution is 6.31. The quantitative estimate of drug-likeness (QED) is 0.492. The summed E-state index contributed by atoms with van der Waals surface area (Å²) in [7, 11) is 0. The van der Waals surface area contributed by atoms with Crippen LogP contribution >= 0.6 is 11.6 Å². The Morgan fingerprint density at radius 3 is 2.70 bits per heavy atom. The van der Waals surface area contributed by atoms with Crippen molar-refractivity contribution in [3.63, 3.8) is 0 Å². The van der Waals surface area contributed by atoms with Crippen LogP contribution in [0.25, 0.3) is 0 Å². The van der Waals surface area contributed by atoms with Crippen molar-refractivity contribution in [2.75, 3.05) is 18.5 Å². The highest BCUT2D eigenvalue weighted by Crippen LogP contribution is 2.37. The van der Waals surface area contributed by atoms with Crippen LogP contribution in [0, 0.1) is 15.5 Å². The van der Waals surface area contributed by atoms with Gasteiger partial charge in [-0.15, -0.1) is 0 Å². The maximum Gasteiger partial charge on any atom is 0.348 e. The first-order valence-corrected chi connectivity index (χ1v) is 6.95. The number of hydrogen-bond donors (Lipinski definition) is 2. The van der Waals surface area contributed by atoms with Gasteiger partial charge in [0, 0.05) is 12.0 Å². The number of aliphatic hydroxyl groups excluding tert-OH is 1. The van der Waals surface area contributed by atoms with Crippen LogP contribution in [0.3, 0.4) is 0 Å². The molecule has 1 aromatic rings. The summed E-state index contributed by atoms with van der Waals surface area (Å²) in [6.45, 7) is 0.504. The number of rotatable bonds is 5. The SMILES string of the molecule is O=[N+]([O-])c1c(Cl)ncnc1NCC1(CO)CCCCC1. The molecule has 0 aromatic carbocycles. The smallest absolute Gasteiger partial charge is 0.348 e. The normalized spacial score (nSPS) is 17.7. The van der Waals surface area contributed by atoms with Crippen LogP contribution in [0.4, 0.5) is 11.5 Å². The van der Waals surface area contributed by atoms with Gasteiger partial charge < -0.3 is 10.4 Å². The van der Waals surface area contributed by atoms with Crippen molar-refractivity contribution >= 4 is 23.1 Å². The van der Waals surface area contributed by atoms with Crippen molar-refractivity contribution in [3.05, 3.63) is 21.6 Å². The van der Waals surface area contributed by atoms with Gasteiger partial charge in [0.15, 0.2) is 0 Å². The lowest BCUT2D eigenvalue weighted by Gasteiger charge is -2.35. The standard InChI is InChI=1S/C12H17ClN4O3/c13-10-9(17(19)20)11(16-8-15-10)14-6-12(7-18)4-2-1-3-5-12/h8,18H,1-7H2,(H,14,15,16). The molecule has 2 N–H and O–H groups in total. The van der Waals surface area contributed by atoms with E-state index in [9.17, 15) is 15.2 Å². The number of halogens is 1. The van der Waals surface area contributed by atoms with E-state index in [2.05, 4.69) is 15.3 Å². The van der Waals surface area contributed by atoms with Gasteiger partial charge >= 0.3 is 5.69 Å². The molecule has 0 atom stereocenters. The van der Waals surface area contributed by atoms with Gasteiger partial charge in [-0.1, -0.05) is 30.9 Å². The summed E-state index contributed by atoms with van der Waals surface area (Å²) in [5.41, 5.74) is -0.554. The Morgan fingerprint density at radius 1 is 1.40 bits per heavy atom. The monoisotopic (exact) mass is 300 g/mol. The molecule has 0 unspecified atom stereocenters. The van der Waals surface area contributed by atoms with Crippen LogP contribution in [-0.4, -0.2) is 33.1 Å². The lowest BCUT2D eigenvalue weighted by molar-refractivity contribution is -0.384. The topological polar surface area (TPSA) is 101 Å². The largest absolute Gasteiger partial charge is 0.396 e. The molecule has 0 bridgehead atoms. The first-order chi connectivity index (χ1) is 9.58. The fraction of sp³-hybridized carbons (Fsp3) is 0.667. The molecule has 7 nitrogen and oxygen atoms in total. The third kappa shape index (κ3) is 3.16. The van der Waals surface area contributed by atoms with Crippen LogP contribution in [0.5, 0.6) is 0 Å². The zero-order valence-electron chi connectivity index (χ0n) is 11.0. The summed E-state index contributed by atoms with van der Waals surface area (Å²) in [5, 5.41) is 23.4. The fourth-order valence-corrected chi connectivity index (χ4v) is 2.81. The molecule has 0 radical (unpaired) electrons. The van der Waals surface area contributed by atoms with Crippen LogP contribution in [0.1, 0.15) is 32.1 Å². The third-order valence-electron chi connectivity index (χ3n) is 3.84. The van der Waals surface area contributed by atoms with E-state index in [1.807, 2.05) is 0 Å². The van der Waals surface area contributed by atoms with Gasteiger partial charge in [0.2, 0.25) is 11.0 Å². The molecule has 0 spiro atoms. The zero-order valence-corrected chi connectivity index (χ0v) is 11.8. The molecule has 0 amide bonds. The molecular weight excluding hydrogens is 284 g/mol. The second-order valence-electron chi connectivity index (χ2n) is 5.19. The molecule has 1 aliphatic carbocycles. The zero-order chi connectivity index (χ0) is 14.6. The molecule has 1 fully saturated rings. The van der Waals surface area contributed by atoms with Crippen molar-refractivity contribution in [2.24, 2.45) is 5.41 Å². The minimum atomic E-state index is -0.600. The number of nitrogens with zero attached hydrogens (tertiary/aromatic N) is 3. The number of nitrogens with one attached hydrogen (secondary N) is 1. The van der Waals surface area contributed by atoms with Crippen molar-refractivity contribution in [3.8, 4) is 0 Å². The van der Waals surface area contributed by atoms with Crippen LogP contribution < -0.4 is 5.32 Å². The van der Waals surface area contributed by atoms with E-state index < -0.39 is 4.92 Å². The lowest BCUT2D eigenvalue weighted by Crippen LogP contribution is -2.35. The average molecular weight is 301 g/mol. The second-order valence-corrected chi connectivity index (χ2v) is 5.55. The third-order valence-corrected chi connectivity index (χ3v) is 4.12. The molecule has 20 heavy (non-hydrogen) atoms. The molecule has 1 saturated carbocycles. The van der Waals surface area contributed by atoms with E-state index in [0.717, 1.165) is 25.7 Å².